The monoisotopic (exact) mass is 401 g/mol. The smallest absolute Gasteiger partial charge is 0.342 e. The standard InChI is InChI=1S/C17H13F6N5/c1-24-8-13-15(26-27-25-13)14-3-2-6-28(14)9-10-4-5-11(16(18,19)20)7-12(10)17(21,22)23/h2-8H,9H2,1H3,(H,25,26,27)/b24-8+. The van der Waals surface area contributed by atoms with Gasteiger partial charge in [0.2, 0.25) is 0 Å². The molecule has 0 aliphatic carbocycles. The molecule has 0 fully saturated rings. The molecule has 3 aromatic rings. The molecule has 2 heterocycles. The van der Waals surface area contributed by atoms with Gasteiger partial charge in [-0.1, -0.05) is 11.3 Å². The number of aromatic amines is 1. The minimum Gasteiger partial charge on any atom is -0.342 e. The molecule has 0 atom stereocenters. The van der Waals surface area contributed by atoms with Gasteiger partial charge in [0.15, 0.2) is 0 Å². The molecule has 3 rings (SSSR count). The third-order valence-corrected chi connectivity index (χ3v) is 3.99. The van der Waals surface area contributed by atoms with Crippen LogP contribution in [0.3, 0.4) is 0 Å². The quantitative estimate of drug-likeness (QED) is 0.520. The van der Waals surface area contributed by atoms with Crippen LogP contribution in [-0.4, -0.2) is 33.2 Å². The number of rotatable bonds is 4. The van der Waals surface area contributed by atoms with Crippen molar-refractivity contribution in [1.29, 1.82) is 0 Å². The maximum absolute atomic E-state index is 13.4. The van der Waals surface area contributed by atoms with Gasteiger partial charge in [-0.15, -0.1) is 5.10 Å². The number of benzene rings is 1. The maximum atomic E-state index is 13.4. The molecular formula is C17H13F6N5. The molecule has 2 aromatic heterocycles. The molecule has 0 aliphatic rings. The molecule has 0 saturated carbocycles. The Labute approximate surface area is 154 Å². The summed E-state index contributed by atoms with van der Waals surface area (Å²) in [4.78, 5) is 3.84. The first-order chi connectivity index (χ1) is 13.1. The summed E-state index contributed by atoms with van der Waals surface area (Å²) >= 11 is 0. The lowest BCUT2D eigenvalue weighted by atomic mass is 10.0. The minimum absolute atomic E-state index is 0.129. The number of nitrogens with zero attached hydrogens (tertiary/aromatic N) is 4. The summed E-state index contributed by atoms with van der Waals surface area (Å²) in [5.41, 5.74) is -1.74. The summed E-state index contributed by atoms with van der Waals surface area (Å²) < 4.78 is 80.0. The molecular weight excluding hydrogens is 388 g/mol. The molecule has 1 aromatic carbocycles. The van der Waals surface area contributed by atoms with E-state index in [9.17, 15) is 26.3 Å². The third kappa shape index (κ3) is 3.92. The largest absolute Gasteiger partial charge is 0.416 e. The Morgan fingerprint density at radius 1 is 1.11 bits per heavy atom. The van der Waals surface area contributed by atoms with E-state index in [4.69, 9.17) is 0 Å². The average molecular weight is 401 g/mol. The normalized spacial score (nSPS) is 12.8. The Morgan fingerprint density at radius 2 is 1.86 bits per heavy atom. The zero-order chi connectivity index (χ0) is 20.5. The Balaban J connectivity index is 2.04. The fourth-order valence-corrected chi connectivity index (χ4v) is 2.75. The van der Waals surface area contributed by atoms with Gasteiger partial charge in [0.05, 0.1) is 16.8 Å². The fraction of sp³-hybridized carbons (Fsp3) is 0.235. The van der Waals surface area contributed by atoms with Crippen LogP contribution >= 0.6 is 0 Å². The first kappa shape index (κ1) is 19.6. The van der Waals surface area contributed by atoms with E-state index >= 15 is 0 Å². The van der Waals surface area contributed by atoms with Crippen molar-refractivity contribution in [2.24, 2.45) is 4.99 Å². The minimum atomic E-state index is -4.93. The molecule has 11 heteroatoms. The molecule has 0 aliphatic heterocycles. The Morgan fingerprint density at radius 3 is 2.50 bits per heavy atom. The van der Waals surface area contributed by atoms with Gasteiger partial charge in [-0.3, -0.25) is 10.1 Å². The predicted octanol–water partition coefficient (Wildman–Crippen LogP) is 4.41. The highest BCUT2D eigenvalue weighted by Crippen LogP contribution is 2.38. The van der Waals surface area contributed by atoms with E-state index in [-0.39, 0.29) is 18.2 Å². The van der Waals surface area contributed by atoms with Crippen molar-refractivity contribution in [2.45, 2.75) is 18.9 Å². The number of hydrogen-bond donors (Lipinski definition) is 1. The zero-order valence-corrected chi connectivity index (χ0v) is 14.3. The second kappa shape index (κ2) is 7.13. The number of aromatic nitrogens is 4. The highest BCUT2D eigenvalue weighted by molar-refractivity contribution is 5.85. The van der Waals surface area contributed by atoms with Crippen LogP contribution in [0.1, 0.15) is 22.4 Å². The topological polar surface area (TPSA) is 58.9 Å². The highest BCUT2D eigenvalue weighted by atomic mass is 19.4. The van der Waals surface area contributed by atoms with E-state index in [1.807, 2.05) is 0 Å². The van der Waals surface area contributed by atoms with Crippen LogP contribution in [0.15, 0.2) is 41.5 Å². The third-order valence-electron chi connectivity index (χ3n) is 3.99. The lowest BCUT2D eigenvalue weighted by molar-refractivity contribution is -0.143. The summed E-state index contributed by atoms with van der Waals surface area (Å²) in [6.07, 6.45) is -6.84. The van der Waals surface area contributed by atoms with Crippen LogP contribution in [0.25, 0.3) is 11.4 Å². The molecule has 0 saturated heterocycles. The number of alkyl halides is 6. The lowest BCUT2D eigenvalue weighted by Gasteiger charge is -2.17. The molecule has 148 valence electrons. The molecule has 5 nitrogen and oxygen atoms in total. The Kier molecular flexibility index (Phi) is 5.01. The number of H-pyrrole nitrogens is 1. The number of nitrogens with one attached hydrogen (secondary N) is 1. The number of aliphatic imine (C=N–C) groups is 1. The molecule has 0 amide bonds. The molecule has 0 bridgehead atoms. The molecule has 0 spiro atoms. The van der Waals surface area contributed by atoms with Gasteiger partial charge in [-0.05, 0) is 29.8 Å². The van der Waals surface area contributed by atoms with Gasteiger partial charge < -0.3 is 4.57 Å². The van der Waals surface area contributed by atoms with E-state index in [1.54, 1.807) is 12.1 Å². The lowest BCUT2D eigenvalue weighted by Crippen LogP contribution is -2.15. The second-order valence-electron chi connectivity index (χ2n) is 5.85. The van der Waals surface area contributed by atoms with Crippen LogP contribution in [0.4, 0.5) is 26.3 Å². The van der Waals surface area contributed by atoms with Crippen LogP contribution in [0.2, 0.25) is 0 Å². The Bertz CT molecular complexity index is 996. The van der Waals surface area contributed by atoms with Crippen LogP contribution in [-0.2, 0) is 18.9 Å². The van der Waals surface area contributed by atoms with Gasteiger partial charge in [0.25, 0.3) is 0 Å². The summed E-state index contributed by atoms with van der Waals surface area (Å²) in [5, 5.41) is 10.2. The first-order valence-corrected chi connectivity index (χ1v) is 7.87. The van der Waals surface area contributed by atoms with Crippen molar-refractivity contribution in [2.75, 3.05) is 7.05 Å². The van der Waals surface area contributed by atoms with Crippen LogP contribution < -0.4 is 0 Å². The Hall–Kier alpha value is -3.11. The van der Waals surface area contributed by atoms with Gasteiger partial charge in [-0.25, -0.2) is 0 Å². The van der Waals surface area contributed by atoms with E-state index < -0.39 is 23.5 Å². The van der Waals surface area contributed by atoms with Crippen molar-refractivity contribution in [3.8, 4) is 11.4 Å². The van der Waals surface area contributed by atoms with E-state index in [0.717, 1.165) is 6.07 Å². The molecule has 1 N–H and O–H groups in total. The van der Waals surface area contributed by atoms with Crippen LogP contribution in [0.5, 0.6) is 0 Å². The van der Waals surface area contributed by atoms with Crippen molar-refractivity contribution >= 4 is 6.21 Å². The molecule has 0 radical (unpaired) electrons. The van der Waals surface area contributed by atoms with E-state index in [1.165, 1.54) is 24.0 Å². The van der Waals surface area contributed by atoms with Crippen molar-refractivity contribution < 1.29 is 26.3 Å². The van der Waals surface area contributed by atoms with Gasteiger partial charge >= 0.3 is 12.4 Å². The predicted molar refractivity (Wildman–Crippen MR) is 88.9 cm³/mol. The van der Waals surface area contributed by atoms with Crippen molar-refractivity contribution in [3.05, 3.63) is 58.9 Å². The number of hydrogen-bond acceptors (Lipinski definition) is 3. The number of halogens is 6. The molecule has 28 heavy (non-hydrogen) atoms. The van der Waals surface area contributed by atoms with Gasteiger partial charge in [-0.2, -0.15) is 26.3 Å². The van der Waals surface area contributed by atoms with E-state index in [2.05, 4.69) is 20.4 Å². The summed E-state index contributed by atoms with van der Waals surface area (Å²) in [7, 11) is 1.53. The zero-order valence-electron chi connectivity index (χ0n) is 14.3. The summed E-state index contributed by atoms with van der Waals surface area (Å²) in [6, 6.07) is 4.81. The summed E-state index contributed by atoms with van der Waals surface area (Å²) in [6.45, 7) is -0.301. The molecule has 0 unspecified atom stereocenters. The SMILES string of the molecule is C/N=C/c1[nH]nnc1-c1cccn1Cc1ccc(C(F)(F)F)cc1C(F)(F)F. The first-order valence-electron chi connectivity index (χ1n) is 7.87. The second-order valence-corrected chi connectivity index (χ2v) is 5.85. The van der Waals surface area contributed by atoms with Gasteiger partial charge in [0.1, 0.15) is 11.4 Å². The average Bonchev–Trinajstić information content (AvgIpc) is 3.22. The maximum Gasteiger partial charge on any atom is 0.416 e. The van der Waals surface area contributed by atoms with E-state index in [0.29, 0.717) is 23.1 Å². The highest BCUT2D eigenvalue weighted by Gasteiger charge is 2.38. The van der Waals surface area contributed by atoms with Gasteiger partial charge in [0, 0.05) is 26.0 Å². The fourth-order valence-electron chi connectivity index (χ4n) is 2.75. The summed E-state index contributed by atoms with van der Waals surface area (Å²) in [5.74, 6) is 0. The van der Waals surface area contributed by atoms with Crippen molar-refractivity contribution in [3.63, 3.8) is 0 Å². The van der Waals surface area contributed by atoms with Crippen LogP contribution in [0, 0.1) is 0 Å². The van der Waals surface area contributed by atoms with Crippen molar-refractivity contribution in [1.82, 2.24) is 20.0 Å².